The van der Waals surface area contributed by atoms with Crippen LogP contribution in [0, 0.1) is 5.41 Å². The number of aromatic nitrogens is 2. The summed E-state index contributed by atoms with van der Waals surface area (Å²) in [5, 5.41) is 3.63. The van der Waals surface area contributed by atoms with Crippen LogP contribution in [0.2, 0.25) is 5.28 Å². The number of nitrogens with zero attached hydrogens (tertiary/aromatic N) is 2. The first kappa shape index (κ1) is 11.6. The van der Waals surface area contributed by atoms with E-state index in [1.807, 2.05) is 6.07 Å². The summed E-state index contributed by atoms with van der Waals surface area (Å²) in [6, 6.07) is 2.19. The van der Waals surface area contributed by atoms with E-state index in [1.165, 1.54) is 0 Å². The number of halogens is 1. The number of methoxy groups -OCH3 is 1. The second-order valence-corrected chi connectivity index (χ2v) is 5.03. The van der Waals surface area contributed by atoms with Gasteiger partial charge in [-0.15, -0.1) is 0 Å². The monoisotopic (exact) mass is 241 g/mol. The molecule has 1 fully saturated rings. The second kappa shape index (κ2) is 4.18. The van der Waals surface area contributed by atoms with Gasteiger partial charge in [-0.25, -0.2) is 9.97 Å². The average Bonchev–Trinajstić information content (AvgIpc) is 2.23. The molecule has 5 heteroatoms. The van der Waals surface area contributed by atoms with Crippen LogP contribution in [0.4, 0.5) is 5.82 Å². The van der Waals surface area contributed by atoms with Crippen LogP contribution in [-0.4, -0.2) is 29.2 Å². The molecule has 1 aromatic heterocycles. The van der Waals surface area contributed by atoms with E-state index in [2.05, 4.69) is 29.1 Å². The minimum absolute atomic E-state index is 0.117. The van der Waals surface area contributed by atoms with Crippen molar-refractivity contribution in [3.05, 3.63) is 17.5 Å². The van der Waals surface area contributed by atoms with Crippen LogP contribution in [0.1, 0.15) is 20.3 Å². The Hall–Kier alpha value is -0.870. The van der Waals surface area contributed by atoms with Gasteiger partial charge in [-0.1, -0.05) is 13.8 Å². The summed E-state index contributed by atoms with van der Waals surface area (Å²) in [7, 11) is 1.75. The lowest BCUT2D eigenvalue weighted by Gasteiger charge is -2.51. The largest absolute Gasteiger partial charge is 0.381 e. The lowest BCUT2D eigenvalue weighted by molar-refractivity contribution is -0.0795. The summed E-state index contributed by atoms with van der Waals surface area (Å²) in [6.45, 7) is 4.37. The predicted molar refractivity (Wildman–Crippen MR) is 63.6 cm³/mol. The molecule has 16 heavy (non-hydrogen) atoms. The molecule has 1 saturated carbocycles. The van der Waals surface area contributed by atoms with E-state index >= 15 is 0 Å². The molecule has 1 aromatic rings. The van der Waals surface area contributed by atoms with Crippen molar-refractivity contribution in [2.75, 3.05) is 12.4 Å². The third-order valence-electron chi connectivity index (χ3n) is 3.41. The summed E-state index contributed by atoms with van der Waals surface area (Å²) in [6.07, 6.45) is 2.95. The minimum Gasteiger partial charge on any atom is -0.381 e. The quantitative estimate of drug-likeness (QED) is 0.826. The summed E-state index contributed by atoms with van der Waals surface area (Å²) >= 11 is 5.73. The van der Waals surface area contributed by atoms with Crippen LogP contribution in [-0.2, 0) is 4.74 Å². The van der Waals surface area contributed by atoms with E-state index in [9.17, 15) is 0 Å². The molecule has 4 nitrogen and oxygen atoms in total. The summed E-state index contributed by atoms with van der Waals surface area (Å²) in [5.41, 5.74) is 0.117. The normalized spacial score (nSPS) is 27.2. The van der Waals surface area contributed by atoms with Gasteiger partial charge in [-0.2, -0.15) is 0 Å². The molecule has 0 radical (unpaired) electrons. The van der Waals surface area contributed by atoms with Crippen LogP contribution < -0.4 is 5.32 Å². The molecule has 1 aliphatic carbocycles. The Morgan fingerprint density at radius 1 is 1.56 bits per heavy atom. The Morgan fingerprint density at radius 3 is 2.88 bits per heavy atom. The standard InChI is InChI=1S/C11H16ClN3O/c1-11(2)7(6-8(11)16-3)14-9-4-5-13-10(12)15-9/h4-5,7-8H,6H2,1-3H3,(H,13,14,15). The van der Waals surface area contributed by atoms with Crippen LogP contribution in [0.15, 0.2) is 12.3 Å². The fourth-order valence-corrected chi connectivity index (χ4v) is 2.27. The fourth-order valence-electron chi connectivity index (χ4n) is 2.12. The van der Waals surface area contributed by atoms with Crippen molar-refractivity contribution in [1.82, 2.24) is 9.97 Å². The number of ether oxygens (including phenoxy) is 1. The summed E-state index contributed by atoms with van der Waals surface area (Å²) in [5.74, 6) is 0.771. The Labute approximate surface area is 100 Å². The second-order valence-electron chi connectivity index (χ2n) is 4.69. The molecule has 1 aliphatic rings. The highest BCUT2D eigenvalue weighted by Gasteiger charge is 2.48. The number of hydrogen-bond acceptors (Lipinski definition) is 4. The van der Waals surface area contributed by atoms with Gasteiger partial charge in [0.15, 0.2) is 0 Å². The smallest absolute Gasteiger partial charge is 0.224 e. The van der Waals surface area contributed by atoms with Gasteiger partial charge < -0.3 is 10.1 Å². The maximum atomic E-state index is 5.73. The topological polar surface area (TPSA) is 47.0 Å². The molecular weight excluding hydrogens is 226 g/mol. The molecule has 0 aromatic carbocycles. The van der Waals surface area contributed by atoms with Crippen molar-refractivity contribution < 1.29 is 4.74 Å². The molecule has 2 rings (SSSR count). The van der Waals surface area contributed by atoms with Gasteiger partial charge in [0.2, 0.25) is 5.28 Å². The van der Waals surface area contributed by atoms with E-state index < -0.39 is 0 Å². The van der Waals surface area contributed by atoms with Crippen LogP contribution in [0.3, 0.4) is 0 Å². The van der Waals surface area contributed by atoms with Gasteiger partial charge in [0.25, 0.3) is 0 Å². The first-order valence-electron chi connectivity index (χ1n) is 5.32. The maximum absolute atomic E-state index is 5.73. The van der Waals surface area contributed by atoms with Crippen molar-refractivity contribution in [2.24, 2.45) is 5.41 Å². The number of rotatable bonds is 3. The van der Waals surface area contributed by atoms with E-state index in [0.717, 1.165) is 12.2 Å². The predicted octanol–water partition coefficient (Wildman–Crippen LogP) is 2.36. The summed E-state index contributed by atoms with van der Waals surface area (Å²) in [4.78, 5) is 7.96. The zero-order chi connectivity index (χ0) is 11.8. The van der Waals surface area contributed by atoms with Crippen LogP contribution in [0.25, 0.3) is 0 Å². The zero-order valence-corrected chi connectivity index (χ0v) is 10.5. The van der Waals surface area contributed by atoms with Gasteiger partial charge in [0.1, 0.15) is 5.82 Å². The van der Waals surface area contributed by atoms with E-state index in [0.29, 0.717) is 12.1 Å². The summed E-state index contributed by atoms with van der Waals surface area (Å²) < 4.78 is 5.39. The van der Waals surface area contributed by atoms with Gasteiger partial charge >= 0.3 is 0 Å². The van der Waals surface area contributed by atoms with E-state index in [4.69, 9.17) is 16.3 Å². The first-order valence-corrected chi connectivity index (χ1v) is 5.69. The van der Waals surface area contributed by atoms with Crippen LogP contribution >= 0.6 is 11.6 Å². The Balaban J connectivity index is 2.02. The molecule has 0 aliphatic heterocycles. The number of nitrogens with one attached hydrogen (secondary N) is 1. The fraction of sp³-hybridized carbons (Fsp3) is 0.636. The van der Waals surface area contributed by atoms with Gasteiger partial charge in [-0.3, -0.25) is 0 Å². The SMILES string of the molecule is COC1CC(Nc2ccnc(Cl)n2)C1(C)C. The van der Waals surface area contributed by atoms with Crippen molar-refractivity contribution in [1.29, 1.82) is 0 Å². The van der Waals surface area contributed by atoms with Gasteiger partial charge in [-0.05, 0) is 24.1 Å². The number of hydrogen-bond donors (Lipinski definition) is 1. The molecule has 1 heterocycles. The Bertz CT molecular complexity index is 383. The third kappa shape index (κ3) is 1.99. The van der Waals surface area contributed by atoms with Gasteiger partial charge in [0.05, 0.1) is 6.10 Å². The highest BCUT2D eigenvalue weighted by molar-refractivity contribution is 6.28. The Kier molecular flexibility index (Phi) is 3.04. The van der Waals surface area contributed by atoms with Crippen LogP contribution in [0.5, 0.6) is 0 Å². The first-order chi connectivity index (χ1) is 7.54. The molecule has 0 spiro atoms. The molecule has 88 valence electrons. The lowest BCUT2D eigenvalue weighted by Crippen LogP contribution is -2.57. The average molecular weight is 242 g/mol. The van der Waals surface area contributed by atoms with Gasteiger partial charge in [0, 0.05) is 24.8 Å². The van der Waals surface area contributed by atoms with Crippen molar-refractivity contribution >= 4 is 17.4 Å². The van der Waals surface area contributed by atoms with E-state index in [-0.39, 0.29) is 10.7 Å². The van der Waals surface area contributed by atoms with E-state index in [1.54, 1.807) is 13.3 Å². The molecule has 1 N–H and O–H groups in total. The van der Waals surface area contributed by atoms with Crippen molar-refractivity contribution in [3.8, 4) is 0 Å². The van der Waals surface area contributed by atoms with Crippen molar-refractivity contribution in [2.45, 2.75) is 32.4 Å². The molecule has 0 amide bonds. The highest BCUT2D eigenvalue weighted by Crippen LogP contribution is 2.43. The highest BCUT2D eigenvalue weighted by atomic mass is 35.5. The molecule has 0 saturated heterocycles. The minimum atomic E-state index is 0.117. The Morgan fingerprint density at radius 2 is 2.31 bits per heavy atom. The molecule has 2 atom stereocenters. The molecule has 2 unspecified atom stereocenters. The molecular formula is C11H16ClN3O. The number of anilines is 1. The third-order valence-corrected chi connectivity index (χ3v) is 3.59. The lowest BCUT2D eigenvalue weighted by atomic mass is 9.64. The maximum Gasteiger partial charge on any atom is 0.224 e. The molecule has 0 bridgehead atoms. The van der Waals surface area contributed by atoms with Crippen molar-refractivity contribution in [3.63, 3.8) is 0 Å². The zero-order valence-electron chi connectivity index (χ0n) is 9.70.